The van der Waals surface area contributed by atoms with E-state index >= 15 is 0 Å². The molecule has 16 heavy (non-hydrogen) atoms. The van der Waals surface area contributed by atoms with Gasteiger partial charge in [0.2, 0.25) is 0 Å². The molecule has 0 unspecified atom stereocenters. The summed E-state index contributed by atoms with van der Waals surface area (Å²) in [5.41, 5.74) is -0.243. The first-order valence-corrected chi connectivity index (χ1v) is 4.66. The number of esters is 1. The molecule has 1 aromatic carbocycles. The first-order valence-electron chi connectivity index (χ1n) is 4.28. The summed E-state index contributed by atoms with van der Waals surface area (Å²) in [4.78, 5) is 21.3. The van der Waals surface area contributed by atoms with Gasteiger partial charge in [-0.1, -0.05) is 24.3 Å². The average Bonchev–Trinajstić information content (AvgIpc) is 2.26. The van der Waals surface area contributed by atoms with E-state index in [1.165, 1.54) is 18.2 Å². The maximum absolute atomic E-state index is 11.4. The Balaban J connectivity index is 2.98. The fraction of sp³-hybridized carbons (Fsp3) is 0.100. The van der Waals surface area contributed by atoms with Crippen LogP contribution >= 0.6 is 11.6 Å². The Labute approximate surface area is 96.4 Å². The SMILES string of the molecule is C=CCOC(=O)c1ccc(Cl)c([N+](=O)[O-])c1. The van der Waals surface area contributed by atoms with Crippen molar-refractivity contribution in [1.82, 2.24) is 0 Å². The minimum Gasteiger partial charge on any atom is -0.458 e. The average molecular weight is 242 g/mol. The third-order valence-corrected chi connectivity index (χ3v) is 2.03. The van der Waals surface area contributed by atoms with Gasteiger partial charge in [-0.05, 0) is 12.1 Å². The lowest BCUT2D eigenvalue weighted by Gasteiger charge is -2.02. The molecule has 1 aromatic rings. The molecule has 0 saturated heterocycles. The van der Waals surface area contributed by atoms with Gasteiger partial charge in [0.1, 0.15) is 11.6 Å². The standard InChI is InChI=1S/C10H8ClNO4/c1-2-5-16-10(13)7-3-4-8(11)9(6-7)12(14)15/h2-4,6H,1,5H2. The fourth-order valence-corrected chi connectivity index (χ4v) is 1.18. The maximum Gasteiger partial charge on any atom is 0.338 e. The minimum absolute atomic E-state index is 0.0229. The van der Waals surface area contributed by atoms with Crippen LogP contribution in [0.1, 0.15) is 10.4 Å². The molecule has 0 amide bonds. The van der Waals surface area contributed by atoms with Crippen LogP contribution in [0.5, 0.6) is 0 Å². The van der Waals surface area contributed by atoms with Gasteiger partial charge in [-0.2, -0.15) is 0 Å². The van der Waals surface area contributed by atoms with Crippen LogP contribution in [-0.4, -0.2) is 17.5 Å². The van der Waals surface area contributed by atoms with Crippen molar-refractivity contribution >= 4 is 23.3 Å². The van der Waals surface area contributed by atoms with Crippen molar-refractivity contribution in [3.63, 3.8) is 0 Å². The van der Waals surface area contributed by atoms with Gasteiger partial charge in [-0.3, -0.25) is 10.1 Å². The summed E-state index contributed by atoms with van der Waals surface area (Å²) >= 11 is 5.59. The number of rotatable bonds is 4. The van der Waals surface area contributed by atoms with E-state index in [0.717, 1.165) is 6.07 Å². The number of nitrogens with zero attached hydrogens (tertiary/aromatic N) is 1. The molecule has 5 nitrogen and oxygen atoms in total. The highest BCUT2D eigenvalue weighted by Gasteiger charge is 2.16. The van der Waals surface area contributed by atoms with Gasteiger partial charge in [-0.15, -0.1) is 0 Å². The van der Waals surface area contributed by atoms with Crippen molar-refractivity contribution in [3.8, 4) is 0 Å². The van der Waals surface area contributed by atoms with Gasteiger partial charge >= 0.3 is 5.97 Å². The molecule has 84 valence electrons. The molecule has 0 spiro atoms. The molecule has 0 fully saturated rings. The Morgan fingerprint density at radius 3 is 2.88 bits per heavy atom. The number of hydrogen-bond acceptors (Lipinski definition) is 4. The summed E-state index contributed by atoms with van der Waals surface area (Å²) in [6.07, 6.45) is 1.40. The molecule has 0 heterocycles. The molecule has 0 aromatic heterocycles. The van der Waals surface area contributed by atoms with Crippen LogP contribution in [0.15, 0.2) is 30.9 Å². The first kappa shape index (κ1) is 12.2. The first-order chi connectivity index (χ1) is 7.56. The summed E-state index contributed by atoms with van der Waals surface area (Å²) in [5, 5.41) is 10.5. The quantitative estimate of drug-likeness (QED) is 0.352. The van der Waals surface area contributed by atoms with E-state index in [0.29, 0.717) is 0 Å². The Morgan fingerprint density at radius 1 is 1.62 bits per heavy atom. The number of hydrogen-bond donors (Lipinski definition) is 0. The van der Waals surface area contributed by atoms with E-state index < -0.39 is 10.9 Å². The molecule has 0 aliphatic carbocycles. The van der Waals surface area contributed by atoms with Crippen LogP contribution in [0.4, 0.5) is 5.69 Å². The third kappa shape index (κ3) is 2.80. The number of halogens is 1. The molecule has 0 aliphatic rings. The number of benzene rings is 1. The monoisotopic (exact) mass is 241 g/mol. The van der Waals surface area contributed by atoms with E-state index in [4.69, 9.17) is 16.3 Å². The normalized spacial score (nSPS) is 9.56. The zero-order valence-corrected chi connectivity index (χ0v) is 8.94. The van der Waals surface area contributed by atoms with E-state index in [-0.39, 0.29) is 22.9 Å². The molecule has 0 aliphatic heterocycles. The van der Waals surface area contributed by atoms with Crippen molar-refractivity contribution in [2.45, 2.75) is 0 Å². The predicted molar refractivity (Wildman–Crippen MR) is 58.6 cm³/mol. The molecule has 0 atom stereocenters. The van der Waals surface area contributed by atoms with Crippen LogP contribution in [0.3, 0.4) is 0 Å². The highest BCUT2D eigenvalue weighted by molar-refractivity contribution is 6.32. The van der Waals surface area contributed by atoms with Crippen LogP contribution in [-0.2, 0) is 4.74 Å². The second kappa shape index (κ2) is 5.27. The second-order valence-corrected chi connectivity index (χ2v) is 3.22. The highest BCUT2D eigenvalue weighted by Crippen LogP contribution is 2.25. The Bertz CT molecular complexity index is 444. The number of ether oxygens (including phenoxy) is 1. The number of nitro benzene ring substituents is 1. The van der Waals surface area contributed by atoms with E-state index in [9.17, 15) is 14.9 Å². The Hall–Kier alpha value is -1.88. The lowest BCUT2D eigenvalue weighted by Crippen LogP contribution is -2.05. The molecule has 0 saturated carbocycles. The summed E-state index contributed by atoms with van der Waals surface area (Å²) in [6.45, 7) is 3.43. The Kier molecular flexibility index (Phi) is 4.02. The number of carbonyl (C=O) groups excluding carboxylic acids is 1. The predicted octanol–water partition coefficient (Wildman–Crippen LogP) is 2.59. The molecule has 0 radical (unpaired) electrons. The van der Waals surface area contributed by atoms with Gasteiger partial charge in [0.15, 0.2) is 0 Å². The zero-order valence-electron chi connectivity index (χ0n) is 8.18. The van der Waals surface area contributed by atoms with Crippen molar-refractivity contribution < 1.29 is 14.5 Å². The van der Waals surface area contributed by atoms with E-state index in [1.54, 1.807) is 0 Å². The van der Waals surface area contributed by atoms with Crippen LogP contribution in [0, 0.1) is 10.1 Å². The lowest BCUT2D eigenvalue weighted by atomic mass is 10.2. The molecule has 0 N–H and O–H groups in total. The lowest BCUT2D eigenvalue weighted by molar-refractivity contribution is -0.384. The highest BCUT2D eigenvalue weighted by atomic mass is 35.5. The maximum atomic E-state index is 11.4. The fourth-order valence-electron chi connectivity index (χ4n) is 0.997. The largest absolute Gasteiger partial charge is 0.458 e. The second-order valence-electron chi connectivity index (χ2n) is 2.81. The summed E-state index contributed by atoms with van der Waals surface area (Å²) < 4.78 is 4.73. The van der Waals surface area contributed by atoms with Gasteiger partial charge < -0.3 is 4.74 Å². The molecule has 0 bridgehead atoms. The molecular weight excluding hydrogens is 234 g/mol. The van der Waals surface area contributed by atoms with Gasteiger partial charge in [0.05, 0.1) is 10.5 Å². The van der Waals surface area contributed by atoms with Gasteiger partial charge in [-0.25, -0.2) is 4.79 Å². The molecule has 6 heteroatoms. The minimum atomic E-state index is -0.660. The van der Waals surface area contributed by atoms with E-state index in [1.807, 2.05) is 0 Å². The molecule has 1 rings (SSSR count). The number of nitro groups is 1. The van der Waals surface area contributed by atoms with Crippen LogP contribution in [0.25, 0.3) is 0 Å². The van der Waals surface area contributed by atoms with Crippen molar-refractivity contribution in [2.75, 3.05) is 6.61 Å². The van der Waals surface area contributed by atoms with Crippen LogP contribution in [0.2, 0.25) is 5.02 Å². The topological polar surface area (TPSA) is 69.4 Å². The number of carbonyl (C=O) groups is 1. The van der Waals surface area contributed by atoms with Gasteiger partial charge in [0, 0.05) is 6.07 Å². The van der Waals surface area contributed by atoms with Crippen LogP contribution < -0.4 is 0 Å². The summed E-state index contributed by atoms with van der Waals surface area (Å²) in [7, 11) is 0. The van der Waals surface area contributed by atoms with Crippen molar-refractivity contribution in [1.29, 1.82) is 0 Å². The van der Waals surface area contributed by atoms with E-state index in [2.05, 4.69) is 6.58 Å². The Morgan fingerprint density at radius 2 is 2.31 bits per heavy atom. The van der Waals surface area contributed by atoms with Crippen molar-refractivity contribution in [2.24, 2.45) is 0 Å². The van der Waals surface area contributed by atoms with Gasteiger partial charge in [0.25, 0.3) is 5.69 Å². The summed E-state index contributed by atoms with van der Waals surface area (Å²) in [5.74, 6) is -0.653. The smallest absolute Gasteiger partial charge is 0.338 e. The summed E-state index contributed by atoms with van der Waals surface area (Å²) in [6, 6.07) is 3.72. The van der Waals surface area contributed by atoms with Crippen molar-refractivity contribution in [3.05, 3.63) is 51.6 Å². The third-order valence-electron chi connectivity index (χ3n) is 1.71. The zero-order chi connectivity index (χ0) is 12.1. The molecular formula is C10H8ClNO4.